The number of carbonyl (C=O) groups excluding carboxylic acids is 2. The lowest BCUT2D eigenvalue weighted by Gasteiger charge is -2.36. The summed E-state index contributed by atoms with van der Waals surface area (Å²) in [5, 5.41) is 0. The van der Waals surface area contributed by atoms with Crippen molar-refractivity contribution < 1.29 is 14.3 Å². The van der Waals surface area contributed by atoms with Crippen molar-refractivity contribution in [1.29, 1.82) is 0 Å². The zero-order valence-electron chi connectivity index (χ0n) is 15.6. The predicted octanol–water partition coefficient (Wildman–Crippen LogP) is 2.56. The molecule has 2 rings (SSSR count). The van der Waals surface area contributed by atoms with Gasteiger partial charge >= 0.3 is 0 Å². The fourth-order valence-corrected chi connectivity index (χ4v) is 3.26. The number of hydrogen-bond acceptors (Lipinski definition) is 3. The van der Waals surface area contributed by atoms with E-state index in [2.05, 4.69) is 0 Å². The van der Waals surface area contributed by atoms with E-state index in [0.29, 0.717) is 26.2 Å². The summed E-state index contributed by atoms with van der Waals surface area (Å²) in [4.78, 5) is 28.7. The molecule has 132 valence electrons. The molecule has 2 amide bonds. The Kier molecular flexibility index (Phi) is 5.52. The van der Waals surface area contributed by atoms with E-state index in [1.54, 1.807) is 7.11 Å². The van der Waals surface area contributed by atoms with Crippen LogP contribution in [0.25, 0.3) is 0 Å². The fourth-order valence-electron chi connectivity index (χ4n) is 3.26. The Bertz CT molecular complexity index is 645. The molecule has 5 nitrogen and oxygen atoms in total. The van der Waals surface area contributed by atoms with Gasteiger partial charge in [-0.05, 0) is 43.5 Å². The smallest absolute Gasteiger partial charge is 0.254 e. The van der Waals surface area contributed by atoms with Gasteiger partial charge in [0.2, 0.25) is 5.91 Å². The molecule has 1 aliphatic heterocycles. The average Bonchev–Trinajstić information content (AvgIpc) is 2.57. The second kappa shape index (κ2) is 7.24. The molecule has 0 radical (unpaired) electrons. The van der Waals surface area contributed by atoms with Crippen LogP contribution in [0.3, 0.4) is 0 Å². The van der Waals surface area contributed by atoms with E-state index >= 15 is 0 Å². The number of rotatable bonds is 3. The molecule has 0 bridgehead atoms. The van der Waals surface area contributed by atoms with Crippen LogP contribution >= 0.6 is 0 Å². The van der Waals surface area contributed by atoms with Gasteiger partial charge in [0.25, 0.3) is 5.91 Å². The highest BCUT2D eigenvalue weighted by molar-refractivity contribution is 5.96. The van der Waals surface area contributed by atoms with Crippen molar-refractivity contribution in [2.24, 2.45) is 5.92 Å². The Labute approximate surface area is 144 Å². The Morgan fingerprint density at radius 2 is 1.54 bits per heavy atom. The summed E-state index contributed by atoms with van der Waals surface area (Å²) in [7, 11) is 1.65. The maximum absolute atomic E-state index is 12.9. The first kappa shape index (κ1) is 18.3. The van der Waals surface area contributed by atoms with Gasteiger partial charge in [-0.15, -0.1) is 0 Å². The third-order valence-corrected chi connectivity index (χ3v) is 4.83. The van der Waals surface area contributed by atoms with E-state index in [9.17, 15) is 9.59 Å². The molecule has 5 heteroatoms. The van der Waals surface area contributed by atoms with Crippen molar-refractivity contribution in [3.8, 4) is 5.75 Å². The quantitative estimate of drug-likeness (QED) is 0.855. The van der Waals surface area contributed by atoms with Crippen LogP contribution in [0, 0.1) is 26.7 Å². The molecular weight excluding hydrogens is 304 g/mol. The number of amides is 2. The lowest BCUT2D eigenvalue weighted by Crippen LogP contribution is -2.51. The van der Waals surface area contributed by atoms with Gasteiger partial charge in [-0.1, -0.05) is 13.8 Å². The highest BCUT2D eigenvalue weighted by Gasteiger charge is 2.27. The summed E-state index contributed by atoms with van der Waals surface area (Å²) in [6.45, 7) is 12.1. The molecule has 0 aliphatic carbocycles. The average molecular weight is 332 g/mol. The normalized spacial score (nSPS) is 15.0. The number of carbonyl (C=O) groups is 2. The Balaban J connectivity index is 2.16. The minimum atomic E-state index is 0.00128. The van der Waals surface area contributed by atoms with Gasteiger partial charge in [0.15, 0.2) is 0 Å². The van der Waals surface area contributed by atoms with Crippen molar-refractivity contribution in [2.45, 2.75) is 34.6 Å². The van der Waals surface area contributed by atoms with Crippen molar-refractivity contribution in [3.63, 3.8) is 0 Å². The number of methoxy groups -OCH3 is 1. The lowest BCUT2D eigenvalue weighted by molar-refractivity contribution is -0.135. The number of hydrogen-bond donors (Lipinski definition) is 0. The Hall–Kier alpha value is -2.04. The molecule has 0 unspecified atom stereocenters. The monoisotopic (exact) mass is 332 g/mol. The molecule has 24 heavy (non-hydrogen) atoms. The molecule has 1 aromatic carbocycles. The summed E-state index contributed by atoms with van der Waals surface area (Å²) < 4.78 is 5.43. The molecule has 0 spiro atoms. The van der Waals surface area contributed by atoms with Crippen LogP contribution in [0.1, 0.15) is 40.9 Å². The summed E-state index contributed by atoms with van der Waals surface area (Å²) in [6.07, 6.45) is 0. The van der Waals surface area contributed by atoms with Crippen LogP contribution in [0.15, 0.2) is 6.07 Å². The fraction of sp³-hybridized carbons (Fsp3) is 0.579. The number of ether oxygens (including phenoxy) is 1. The van der Waals surface area contributed by atoms with Gasteiger partial charge in [0.1, 0.15) is 5.75 Å². The van der Waals surface area contributed by atoms with Gasteiger partial charge < -0.3 is 14.5 Å². The molecule has 0 saturated carbocycles. The van der Waals surface area contributed by atoms with E-state index in [4.69, 9.17) is 4.74 Å². The lowest BCUT2D eigenvalue weighted by atomic mass is 9.97. The van der Waals surface area contributed by atoms with Crippen molar-refractivity contribution in [2.75, 3.05) is 33.3 Å². The van der Waals surface area contributed by atoms with Gasteiger partial charge in [-0.25, -0.2) is 0 Å². The number of piperazine rings is 1. The molecule has 1 aromatic rings. The first-order chi connectivity index (χ1) is 11.3. The Morgan fingerprint density at radius 3 is 2.04 bits per heavy atom. The topological polar surface area (TPSA) is 49.9 Å². The van der Waals surface area contributed by atoms with Crippen molar-refractivity contribution >= 4 is 11.8 Å². The van der Waals surface area contributed by atoms with E-state index in [0.717, 1.165) is 28.0 Å². The van der Waals surface area contributed by atoms with Crippen LogP contribution in [0.4, 0.5) is 0 Å². The number of aryl methyl sites for hydroxylation is 1. The first-order valence-electron chi connectivity index (χ1n) is 8.50. The van der Waals surface area contributed by atoms with Gasteiger partial charge in [-0.2, -0.15) is 0 Å². The Morgan fingerprint density at radius 1 is 1.00 bits per heavy atom. The molecule has 0 atom stereocenters. The molecular formula is C19H28N2O3. The molecule has 1 heterocycles. The van der Waals surface area contributed by atoms with Crippen LogP contribution < -0.4 is 4.74 Å². The molecule has 1 aliphatic rings. The SMILES string of the molecule is COc1c(C)cc(C(=O)N2CCN(C(=O)C(C)C)CC2)c(C)c1C. The van der Waals surface area contributed by atoms with Gasteiger partial charge in [0, 0.05) is 37.7 Å². The maximum atomic E-state index is 12.9. The third kappa shape index (κ3) is 3.40. The van der Waals surface area contributed by atoms with E-state index in [1.807, 2.05) is 50.5 Å². The van der Waals surface area contributed by atoms with E-state index < -0.39 is 0 Å². The maximum Gasteiger partial charge on any atom is 0.254 e. The standard InChI is InChI=1S/C19H28N2O3/c1-12(2)18(22)20-7-9-21(10-8-20)19(23)16-11-13(3)17(24-6)15(5)14(16)4/h11-12H,7-10H2,1-6H3. The van der Waals surface area contributed by atoms with Crippen LogP contribution in [0.2, 0.25) is 0 Å². The van der Waals surface area contributed by atoms with Crippen LogP contribution in [-0.2, 0) is 4.79 Å². The summed E-state index contributed by atoms with van der Waals surface area (Å²) >= 11 is 0. The van der Waals surface area contributed by atoms with Crippen LogP contribution in [0.5, 0.6) is 5.75 Å². The molecule has 1 fully saturated rings. The minimum Gasteiger partial charge on any atom is -0.496 e. The number of benzene rings is 1. The second-order valence-electron chi connectivity index (χ2n) is 6.80. The van der Waals surface area contributed by atoms with Crippen molar-refractivity contribution in [3.05, 3.63) is 28.3 Å². The minimum absolute atomic E-state index is 0.00128. The molecule has 1 saturated heterocycles. The molecule has 0 N–H and O–H groups in total. The summed E-state index contributed by atoms with van der Waals surface area (Å²) in [5.41, 5.74) is 3.67. The molecule has 0 aromatic heterocycles. The largest absolute Gasteiger partial charge is 0.496 e. The first-order valence-corrected chi connectivity index (χ1v) is 8.50. The van der Waals surface area contributed by atoms with Gasteiger partial charge in [-0.3, -0.25) is 9.59 Å². The highest BCUT2D eigenvalue weighted by Crippen LogP contribution is 2.29. The van der Waals surface area contributed by atoms with E-state index in [1.165, 1.54) is 0 Å². The highest BCUT2D eigenvalue weighted by atomic mass is 16.5. The van der Waals surface area contributed by atoms with E-state index in [-0.39, 0.29) is 17.7 Å². The van der Waals surface area contributed by atoms with Crippen LogP contribution in [-0.4, -0.2) is 54.9 Å². The zero-order chi connectivity index (χ0) is 18.0. The predicted molar refractivity (Wildman–Crippen MR) is 94.5 cm³/mol. The number of nitrogens with zero attached hydrogens (tertiary/aromatic N) is 2. The van der Waals surface area contributed by atoms with Crippen molar-refractivity contribution in [1.82, 2.24) is 9.80 Å². The summed E-state index contributed by atoms with van der Waals surface area (Å²) in [5.74, 6) is 1.05. The third-order valence-electron chi connectivity index (χ3n) is 4.83. The van der Waals surface area contributed by atoms with Gasteiger partial charge in [0.05, 0.1) is 7.11 Å². The summed E-state index contributed by atoms with van der Waals surface area (Å²) in [6, 6.07) is 1.91. The zero-order valence-corrected chi connectivity index (χ0v) is 15.6. The second-order valence-corrected chi connectivity index (χ2v) is 6.80.